The fourth-order valence-electron chi connectivity index (χ4n) is 4.11. The van der Waals surface area contributed by atoms with E-state index in [0.29, 0.717) is 23.1 Å². The third kappa shape index (κ3) is 5.59. The Morgan fingerprint density at radius 3 is 2.66 bits per heavy atom. The van der Waals surface area contributed by atoms with Gasteiger partial charge in [-0.05, 0) is 42.5 Å². The fourth-order valence-corrected chi connectivity index (χ4v) is 5.05. The lowest BCUT2D eigenvalue weighted by molar-refractivity contribution is 0.0816. The molecule has 0 radical (unpaired) electrons. The number of ether oxygens (including phenoxy) is 2. The van der Waals surface area contributed by atoms with Crippen LogP contribution in [0, 0.1) is 11.3 Å². The van der Waals surface area contributed by atoms with Crippen molar-refractivity contribution in [3.8, 4) is 5.75 Å². The van der Waals surface area contributed by atoms with E-state index in [1.54, 1.807) is 0 Å². The molecule has 168 valence electrons. The van der Waals surface area contributed by atoms with E-state index in [9.17, 15) is 4.79 Å². The minimum atomic E-state index is -0.456. The highest BCUT2D eigenvalue weighted by Gasteiger charge is 2.20. The molecule has 0 bridgehead atoms. The molecule has 1 aliphatic carbocycles. The minimum absolute atomic E-state index is 0.0368. The van der Waals surface area contributed by atoms with E-state index < -0.39 is 12.2 Å². The maximum atomic E-state index is 12.3. The van der Waals surface area contributed by atoms with Gasteiger partial charge in [0.15, 0.2) is 6.10 Å². The number of hydrogen-bond donors (Lipinski definition) is 3. The summed E-state index contributed by atoms with van der Waals surface area (Å²) in [5, 5.41) is 11.5. The van der Waals surface area contributed by atoms with Gasteiger partial charge in [0.25, 0.3) is 0 Å². The molecule has 0 spiro atoms. The van der Waals surface area contributed by atoms with E-state index in [4.69, 9.17) is 20.6 Å². The lowest BCUT2D eigenvalue weighted by atomic mass is 9.89. The van der Waals surface area contributed by atoms with Gasteiger partial charge in [0, 0.05) is 16.6 Å². The fraction of sp³-hybridized carbons (Fsp3) is 0.360. The molecular formula is C25H29N3O3S. The van der Waals surface area contributed by atoms with Gasteiger partial charge in [0.2, 0.25) is 0 Å². The van der Waals surface area contributed by atoms with E-state index in [0.717, 1.165) is 15.6 Å². The van der Waals surface area contributed by atoms with Crippen LogP contribution in [0.3, 0.4) is 0 Å². The Hall–Kier alpha value is -3.06. The third-order valence-corrected chi connectivity index (χ3v) is 6.99. The summed E-state index contributed by atoms with van der Waals surface area (Å²) in [5.74, 6) is 1.25. The molecule has 0 aliphatic heterocycles. The molecule has 1 saturated carbocycles. The van der Waals surface area contributed by atoms with E-state index in [2.05, 4.69) is 5.32 Å². The van der Waals surface area contributed by atoms with Crippen LogP contribution in [-0.2, 0) is 4.74 Å². The van der Waals surface area contributed by atoms with Crippen molar-refractivity contribution in [3.63, 3.8) is 0 Å². The number of nitrogens with one attached hydrogen (secondary N) is 2. The largest absolute Gasteiger partial charge is 0.481 e. The molecule has 1 fully saturated rings. The normalized spacial score (nSPS) is 15.2. The number of nitrogens with two attached hydrogens (primary N) is 1. The number of carbonyl (C=O) groups excluding carboxylic acids is 1. The number of benzene rings is 2. The molecule has 1 unspecified atom stereocenters. The molecule has 1 atom stereocenters. The Labute approximate surface area is 192 Å². The predicted octanol–water partition coefficient (Wildman–Crippen LogP) is 5.61. The molecule has 4 rings (SSSR count). The van der Waals surface area contributed by atoms with E-state index in [-0.39, 0.29) is 12.4 Å². The molecular weight excluding hydrogens is 422 g/mol. The zero-order valence-electron chi connectivity index (χ0n) is 18.0. The summed E-state index contributed by atoms with van der Waals surface area (Å²) >= 11 is 1.46. The summed E-state index contributed by atoms with van der Waals surface area (Å²) in [5.41, 5.74) is 6.59. The highest BCUT2D eigenvalue weighted by molar-refractivity contribution is 7.20. The molecule has 2 aromatic carbocycles. The summed E-state index contributed by atoms with van der Waals surface area (Å²) in [6, 6.07) is 17.4. The topological polar surface area (TPSA) is 97.4 Å². The molecule has 1 aromatic heterocycles. The average Bonchev–Trinajstić information content (AvgIpc) is 3.27. The Bertz CT molecular complexity index is 1060. The molecule has 1 amide bonds. The van der Waals surface area contributed by atoms with Crippen LogP contribution in [0.1, 0.15) is 48.6 Å². The van der Waals surface area contributed by atoms with Gasteiger partial charge in [-0.25, -0.2) is 4.79 Å². The predicted molar refractivity (Wildman–Crippen MR) is 129 cm³/mol. The van der Waals surface area contributed by atoms with E-state index in [1.807, 2.05) is 54.6 Å². The van der Waals surface area contributed by atoms with Gasteiger partial charge in [0.05, 0.1) is 4.88 Å². The molecule has 1 aliphatic rings. The lowest BCUT2D eigenvalue weighted by Crippen LogP contribution is -2.32. The average molecular weight is 452 g/mol. The van der Waals surface area contributed by atoms with Gasteiger partial charge in [-0.15, -0.1) is 11.3 Å². The van der Waals surface area contributed by atoms with Crippen molar-refractivity contribution >= 4 is 33.4 Å². The molecule has 7 heteroatoms. The summed E-state index contributed by atoms with van der Waals surface area (Å²) in [6.07, 6.45) is 5.25. The molecule has 4 N–H and O–H groups in total. The molecule has 1 heterocycles. The quantitative estimate of drug-likeness (QED) is 0.306. The van der Waals surface area contributed by atoms with Crippen molar-refractivity contribution in [2.24, 2.45) is 11.7 Å². The van der Waals surface area contributed by atoms with Crippen molar-refractivity contribution in [2.75, 3.05) is 13.2 Å². The number of carbonyl (C=O) groups is 1. The number of thiophene rings is 1. The van der Waals surface area contributed by atoms with Crippen LogP contribution in [0.4, 0.5) is 4.79 Å². The zero-order valence-corrected chi connectivity index (χ0v) is 18.8. The lowest BCUT2D eigenvalue weighted by Gasteiger charge is -2.23. The van der Waals surface area contributed by atoms with Crippen molar-refractivity contribution < 1.29 is 14.3 Å². The Kier molecular flexibility index (Phi) is 7.27. The van der Waals surface area contributed by atoms with Crippen molar-refractivity contribution in [2.45, 2.75) is 38.2 Å². The smallest absolute Gasteiger partial charge is 0.407 e. The van der Waals surface area contributed by atoms with Gasteiger partial charge in [-0.1, -0.05) is 55.7 Å². The van der Waals surface area contributed by atoms with Crippen LogP contribution in [0.2, 0.25) is 0 Å². The van der Waals surface area contributed by atoms with Crippen LogP contribution in [0.5, 0.6) is 5.75 Å². The van der Waals surface area contributed by atoms with E-state index >= 15 is 0 Å². The number of amidine groups is 1. The molecule has 6 nitrogen and oxygen atoms in total. The van der Waals surface area contributed by atoms with Crippen LogP contribution in [-0.4, -0.2) is 25.1 Å². The van der Waals surface area contributed by atoms with Gasteiger partial charge in [-0.2, -0.15) is 0 Å². The highest BCUT2D eigenvalue weighted by Crippen LogP contribution is 2.35. The molecule has 3 aromatic rings. The molecule has 32 heavy (non-hydrogen) atoms. The second kappa shape index (κ2) is 10.5. The van der Waals surface area contributed by atoms with Gasteiger partial charge in [0.1, 0.15) is 18.2 Å². The van der Waals surface area contributed by atoms with Gasteiger partial charge < -0.3 is 20.5 Å². The Morgan fingerprint density at radius 2 is 1.91 bits per heavy atom. The zero-order chi connectivity index (χ0) is 22.3. The van der Waals surface area contributed by atoms with E-state index in [1.165, 1.54) is 43.4 Å². The Balaban J connectivity index is 1.45. The summed E-state index contributed by atoms with van der Waals surface area (Å²) in [7, 11) is 0. The standard InChI is InChI=1S/C25H29N3O3S/c26-24(27)23-14-19-20(12-7-13-22(19)32-23)31-21(18-10-5-2-6-11-18)16-30-25(29)28-15-17-8-3-1-4-9-17/h2,5-7,10-14,17,21H,1,3-4,8-9,15-16H2,(H3,26,27)(H,28,29). The van der Waals surface area contributed by atoms with Crippen molar-refractivity contribution in [1.29, 1.82) is 5.41 Å². The number of nitrogen functional groups attached to an aromatic ring is 1. The Morgan fingerprint density at radius 1 is 1.12 bits per heavy atom. The highest BCUT2D eigenvalue weighted by atomic mass is 32.1. The monoisotopic (exact) mass is 451 g/mol. The number of fused-ring (bicyclic) bond motifs is 1. The second-order valence-electron chi connectivity index (χ2n) is 8.19. The first-order chi connectivity index (χ1) is 15.6. The molecule has 0 saturated heterocycles. The van der Waals surface area contributed by atoms with Crippen LogP contribution in [0.15, 0.2) is 54.6 Å². The van der Waals surface area contributed by atoms with Crippen LogP contribution in [0.25, 0.3) is 10.1 Å². The summed E-state index contributed by atoms with van der Waals surface area (Å²) in [6.45, 7) is 0.762. The SMILES string of the molecule is N=C(N)c1cc2c(OC(COC(=O)NCC3CCCCC3)c3ccccc3)cccc2s1. The van der Waals surface area contributed by atoms with Crippen LogP contribution < -0.4 is 15.8 Å². The number of rotatable bonds is 8. The maximum absolute atomic E-state index is 12.3. The van der Waals surface area contributed by atoms with Gasteiger partial charge in [-0.3, -0.25) is 5.41 Å². The first-order valence-electron chi connectivity index (χ1n) is 11.1. The summed E-state index contributed by atoms with van der Waals surface area (Å²) in [4.78, 5) is 13.0. The van der Waals surface area contributed by atoms with Gasteiger partial charge >= 0.3 is 6.09 Å². The van der Waals surface area contributed by atoms with Crippen molar-refractivity contribution in [1.82, 2.24) is 5.32 Å². The minimum Gasteiger partial charge on any atom is -0.481 e. The van der Waals surface area contributed by atoms with Crippen molar-refractivity contribution in [3.05, 3.63) is 65.0 Å². The number of amides is 1. The summed E-state index contributed by atoms with van der Waals surface area (Å²) < 4.78 is 12.9. The number of alkyl carbamates (subject to hydrolysis) is 1. The van der Waals surface area contributed by atoms with Crippen LogP contribution >= 0.6 is 11.3 Å². The second-order valence-corrected chi connectivity index (χ2v) is 9.28. The third-order valence-electron chi connectivity index (χ3n) is 5.85. The first kappa shape index (κ1) is 22.1. The first-order valence-corrected chi connectivity index (χ1v) is 11.9. The number of hydrogen-bond acceptors (Lipinski definition) is 5. The maximum Gasteiger partial charge on any atom is 0.407 e.